The maximum absolute atomic E-state index is 9.07. The maximum Gasteiger partial charge on any atom is 0.172 e. The Kier molecular flexibility index (Phi) is 3.08. The van der Waals surface area contributed by atoms with Crippen LogP contribution in [0.4, 0.5) is 5.69 Å². The van der Waals surface area contributed by atoms with Gasteiger partial charge in [0.05, 0.1) is 0 Å². The van der Waals surface area contributed by atoms with Crippen molar-refractivity contribution in [2.45, 2.75) is 0 Å². The van der Waals surface area contributed by atoms with Gasteiger partial charge in [-0.2, -0.15) is 0 Å². The highest BCUT2D eigenvalue weighted by molar-refractivity contribution is 7.80. The second-order valence-corrected chi connectivity index (χ2v) is 3.02. The largest absolute Gasteiger partial charge is 0.508 e. The van der Waals surface area contributed by atoms with E-state index in [0.717, 1.165) is 5.69 Å². The average molecular weight is 196 g/mol. The van der Waals surface area contributed by atoms with Crippen molar-refractivity contribution in [3.05, 3.63) is 24.3 Å². The summed E-state index contributed by atoms with van der Waals surface area (Å²) in [5.74, 6) is 0.257. The van der Waals surface area contributed by atoms with Gasteiger partial charge in [-0.25, -0.2) is 0 Å². The van der Waals surface area contributed by atoms with Gasteiger partial charge in [-0.1, -0.05) is 0 Å². The molecule has 0 saturated heterocycles. The molecule has 13 heavy (non-hydrogen) atoms. The minimum Gasteiger partial charge on any atom is -0.508 e. The average Bonchev–Trinajstić information content (AvgIpc) is 2.17. The van der Waals surface area contributed by atoms with E-state index in [1.165, 1.54) is 0 Å². The van der Waals surface area contributed by atoms with Crippen LogP contribution in [0, 0.1) is 0 Å². The predicted octanol–water partition coefficient (Wildman–Crippen LogP) is 1.33. The summed E-state index contributed by atoms with van der Waals surface area (Å²) in [4.78, 5) is 1.83. The number of hydrogen-bond acceptors (Lipinski definition) is 2. The zero-order valence-electron chi connectivity index (χ0n) is 7.61. The molecule has 0 atom stereocenters. The summed E-state index contributed by atoms with van der Waals surface area (Å²) in [6, 6.07) is 6.87. The highest BCUT2D eigenvalue weighted by Gasteiger charge is 2.03. The molecule has 0 heterocycles. The lowest BCUT2D eigenvalue weighted by Crippen LogP contribution is -2.34. The SMILES string of the molecule is CNC(=S)N(C)c1ccc(O)cc1. The fourth-order valence-electron chi connectivity index (χ4n) is 0.961. The van der Waals surface area contributed by atoms with Gasteiger partial charge in [0.25, 0.3) is 0 Å². The maximum atomic E-state index is 9.07. The topological polar surface area (TPSA) is 35.5 Å². The number of phenolic OH excluding ortho intramolecular Hbond substituents is 1. The first-order chi connectivity index (χ1) is 6.15. The third kappa shape index (κ3) is 2.32. The van der Waals surface area contributed by atoms with Crippen molar-refractivity contribution in [2.24, 2.45) is 0 Å². The molecular weight excluding hydrogens is 184 g/mol. The molecule has 0 spiro atoms. The molecule has 1 aromatic carbocycles. The van der Waals surface area contributed by atoms with Gasteiger partial charge in [-0.15, -0.1) is 0 Å². The minimum atomic E-state index is 0.257. The molecule has 0 bridgehead atoms. The normalized spacial score (nSPS) is 9.38. The van der Waals surface area contributed by atoms with Crippen LogP contribution < -0.4 is 10.2 Å². The van der Waals surface area contributed by atoms with Crippen LogP contribution in [-0.4, -0.2) is 24.3 Å². The molecule has 4 heteroatoms. The van der Waals surface area contributed by atoms with Gasteiger partial charge in [-0.3, -0.25) is 0 Å². The first-order valence-electron chi connectivity index (χ1n) is 3.89. The predicted molar refractivity (Wildman–Crippen MR) is 58.2 cm³/mol. The molecule has 0 aliphatic rings. The number of aromatic hydroxyl groups is 1. The van der Waals surface area contributed by atoms with Gasteiger partial charge < -0.3 is 15.3 Å². The summed E-state index contributed by atoms with van der Waals surface area (Å²) in [5.41, 5.74) is 0.942. The highest BCUT2D eigenvalue weighted by Crippen LogP contribution is 2.16. The van der Waals surface area contributed by atoms with Crippen molar-refractivity contribution in [1.82, 2.24) is 5.32 Å². The van der Waals surface area contributed by atoms with Crippen molar-refractivity contribution in [3.63, 3.8) is 0 Å². The molecule has 0 unspecified atom stereocenters. The number of anilines is 1. The lowest BCUT2D eigenvalue weighted by atomic mass is 10.3. The molecule has 0 saturated carbocycles. The molecule has 1 rings (SSSR count). The molecule has 0 amide bonds. The molecule has 0 aliphatic carbocycles. The summed E-state index contributed by atoms with van der Waals surface area (Å²) in [6.07, 6.45) is 0. The quantitative estimate of drug-likeness (QED) is 0.664. The van der Waals surface area contributed by atoms with Crippen molar-refractivity contribution in [3.8, 4) is 5.75 Å². The van der Waals surface area contributed by atoms with Gasteiger partial charge in [-0.05, 0) is 36.5 Å². The van der Waals surface area contributed by atoms with Gasteiger partial charge in [0.15, 0.2) is 5.11 Å². The van der Waals surface area contributed by atoms with Gasteiger partial charge in [0.2, 0.25) is 0 Å². The van der Waals surface area contributed by atoms with E-state index in [1.807, 2.05) is 11.9 Å². The van der Waals surface area contributed by atoms with E-state index in [4.69, 9.17) is 17.3 Å². The van der Waals surface area contributed by atoms with E-state index in [9.17, 15) is 0 Å². The van der Waals surface area contributed by atoms with Crippen LogP contribution in [-0.2, 0) is 0 Å². The summed E-state index contributed by atoms with van der Waals surface area (Å²) in [5, 5.41) is 12.6. The molecule has 2 N–H and O–H groups in total. The van der Waals surface area contributed by atoms with Crippen LogP contribution in [0.1, 0.15) is 0 Å². The fourth-order valence-corrected chi connectivity index (χ4v) is 1.07. The lowest BCUT2D eigenvalue weighted by molar-refractivity contribution is 0.475. The summed E-state index contributed by atoms with van der Waals surface area (Å²) in [6.45, 7) is 0. The number of rotatable bonds is 1. The second-order valence-electron chi connectivity index (χ2n) is 2.63. The molecule has 0 aliphatic heterocycles. The molecule has 0 aromatic heterocycles. The Balaban J connectivity index is 2.83. The lowest BCUT2D eigenvalue weighted by Gasteiger charge is -2.19. The van der Waals surface area contributed by atoms with E-state index < -0.39 is 0 Å². The number of hydrogen-bond donors (Lipinski definition) is 2. The third-order valence-electron chi connectivity index (χ3n) is 1.76. The first-order valence-corrected chi connectivity index (χ1v) is 4.30. The number of phenols is 1. The van der Waals surface area contributed by atoms with Gasteiger partial charge >= 0.3 is 0 Å². The van der Waals surface area contributed by atoms with Crippen molar-refractivity contribution in [1.29, 1.82) is 0 Å². The van der Waals surface area contributed by atoms with Gasteiger partial charge in [0.1, 0.15) is 5.75 Å². The third-order valence-corrected chi connectivity index (χ3v) is 2.23. The van der Waals surface area contributed by atoms with E-state index >= 15 is 0 Å². The molecule has 1 aromatic rings. The number of nitrogens with zero attached hydrogens (tertiary/aromatic N) is 1. The zero-order valence-corrected chi connectivity index (χ0v) is 8.43. The molecular formula is C9H12N2OS. The summed E-state index contributed by atoms with van der Waals surface area (Å²) < 4.78 is 0. The Bertz CT molecular complexity index is 297. The highest BCUT2D eigenvalue weighted by atomic mass is 32.1. The zero-order chi connectivity index (χ0) is 9.84. The van der Waals surface area contributed by atoms with E-state index in [0.29, 0.717) is 5.11 Å². The fraction of sp³-hybridized carbons (Fsp3) is 0.222. The Hall–Kier alpha value is -1.29. The van der Waals surface area contributed by atoms with Crippen LogP contribution in [0.25, 0.3) is 0 Å². The number of nitrogens with one attached hydrogen (secondary N) is 1. The monoisotopic (exact) mass is 196 g/mol. The summed E-state index contributed by atoms with van der Waals surface area (Å²) >= 11 is 5.05. The number of thiocarbonyl (C=S) groups is 1. The Morgan fingerprint density at radius 3 is 2.38 bits per heavy atom. The van der Waals surface area contributed by atoms with Crippen molar-refractivity contribution < 1.29 is 5.11 Å². The molecule has 70 valence electrons. The van der Waals surface area contributed by atoms with Crippen LogP contribution in [0.5, 0.6) is 5.75 Å². The van der Waals surface area contributed by atoms with Crippen molar-refractivity contribution >= 4 is 23.0 Å². The molecule has 0 fully saturated rings. The van der Waals surface area contributed by atoms with Crippen LogP contribution in [0.2, 0.25) is 0 Å². The van der Waals surface area contributed by atoms with E-state index in [1.54, 1.807) is 31.3 Å². The Morgan fingerprint density at radius 1 is 1.38 bits per heavy atom. The standard InChI is InChI=1S/C9H12N2OS/c1-10-9(13)11(2)7-3-5-8(12)6-4-7/h3-6,12H,1-2H3,(H,10,13). The Morgan fingerprint density at radius 2 is 1.92 bits per heavy atom. The molecule has 0 radical (unpaired) electrons. The number of benzene rings is 1. The van der Waals surface area contributed by atoms with E-state index in [-0.39, 0.29) is 5.75 Å². The van der Waals surface area contributed by atoms with Crippen LogP contribution in [0.3, 0.4) is 0 Å². The van der Waals surface area contributed by atoms with Crippen LogP contribution in [0.15, 0.2) is 24.3 Å². The van der Waals surface area contributed by atoms with Crippen molar-refractivity contribution in [2.75, 3.05) is 19.0 Å². The molecule has 3 nitrogen and oxygen atoms in total. The summed E-state index contributed by atoms with van der Waals surface area (Å²) in [7, 11) is 3.64. The minimum absolute atomic E-state index is 0.257. The van der Waals surface area contributed by atoms with Crippen LogP contribution >= 0.6 is 12.2 Å². The van der Waals surface area contributed by atoms with Gasteiger partial charge in [0, 0.05) is 19.8 Å². The smallest absolute Gasteiger partial charge is 0.172 e. The van der Waals surface area contributed by atoms with E-state index in [2.05, 4.69) is 5.32 Å². The Labute approximate surface area is 83.0 Å². The first kappa shape index (κ1) is 9.80. The second kappa shape index (κ2) is 4.09.